The van der Waals surface area contributed by atoms with E-state index < -0.39 is 22.9 Å². The van der Waals surface area contributed by atoms with Gasteiger partial charge in [0, 0.05) is 11.1 Å². The van der Waals surface area contributed by atoms with Crippen molar-refractivity contribution in [3.05, 3.63) is 40.2 Å². The van der Waals surface area contributed by atoms with E-state index in [1.54, 1.807) is 6.07 Å². The van der Waals surface area contributed by atoms with Crippen molar-refractivity contribution in [3.8, 4) is 6.07 Å². The number of hydrogen-bond donors (Lipinski definition) is 0. The summed E-state index contributed by atoms with van der Waals surface area (Å²) in [5, 5.41) is 7.98. The fourth-order valence-corrected chi connectivity index (χ4v) is 3.10. The molecule has 0 fully saturated rings. The molecule has 1 heterocycles. The van der Waals surface area contributed by atoms with Gasteiger partial charge in [-0.05, 0) is 49.4 Å². The molecule has 23 heavy (non-hydrogen) atoms. The third-order valence-electron chi connectivity index (χ3n) is 4.05. The third kappa shape index (κ3) is 2.34. The molecule has 3 rings (SSSR count). The molecule has 0 saturated carbocycles. The van der Waals surface area contributed by atoms with Gasteiger partial charge in [-0.25, -0.2) is 9.29 Å². The van der Waals surface area contributed by atoms with Gasteiger partial charge in [-0.2, -0.15) is 5.26 Å². The molecular formula is C16H10ClFN2O3. The number of carbonyl (C=O) groups excluding carboxylic acids is 3. The molecule has 1 aliphatic heterocycles. The standard InChI is InChI=1S/C16H10ClFN2O3/c17-14(21)11-6-13(12(18)5-8(11)7-19)20-15(22)9-3-1-2-4-10(9)16(20)23/h5-6H,1-4H2. The zero-order valence-electron chi connectivity index (χ0n) is 11.9. The molecule has 0 aromatic heterocycles. The first-order chi connectivity index (χ1) is 11.0. The summed E-state index contributed by atoms with van der Waals surface area (Å²) in [5.74, 6) is -2.06. The summed E-state index contributed by atoms with van der Waals surface area (Å²) in [6, 6.07) is 3.46. The Hall–Kier alpha value is -2.52. The average molecular weight is 333 g/mol. The Labute approximate surface area is 135 Å². The highest BCUT2D eigenvalue weighted by Gasteiger charge is 2.41. The lowest BCUT2D eigenvalue weighted by Gasteiger charge is -2.17. The summed E-state index contributed by atoms with van der Waals surface area (Å²) in [6.45, 7) is 0. The van der Waals surface area contributed by atoms with E-state index in [1.807, 2.05) is 0 Å². The van der Waals surface area contributed by atoms with Crippen LogP contribution in [0.5, 0.6) is 0 Å². The van der Waals surface area contributed by atoms with Gasteiger partial charge in [-0.15, -0.1) is 0 Å². The molecule has 116 valence electrons. The molecule has 0 N–H and O–H groups in total. The Bertz CT molecular complexity index is 810. The number of nitrogens with zero attached hydrogens (tertiary/aromatic N) is 2. The highest BCUT2D eigenvalue weighted by molar-refractivity contribution is 6.68. The maximum Gasteiger partial charge on any atom is 0.261 e. The van der Waals surface area contributed by atoms with Crippen LogP contribution in [-0.2, 0) is 9.59 Å². The van der Waals surface area contributed by atoms with Crippen LogP contribution in [-0.4, -0.2) is 17.1 Å². The number of anilines is 1. The SMILES string of the molecule is N#Cc1cc(F)c(N2C(=O)C3=C(CCCC3)C2=O)cc1C(=O)Cl. The van der Waals surface area contributed by atoms with E-state index in [4.69, 9.17) is 16.9 Å². The molecule has 0 bridgehead atoms. The lowest BCUT2D eigenvalue weighted by Crippen LogP contribution is -2.32. The molecule has 0 radical (unpaired) electrons. The van der Waals surface area contributed by atoms with Crippen molar-refractivity contribution in [2.24, 2.45) is 0 Å². The normalized spacial score (nSPS) is 17.3. The molecular weight excluding hydrogens is 323 g/mol. The average Bonchev–Trinajstić information content (AvgIpc) is 2.79. The van der Waals surface area contributed by atoms with Crippen LogP contribution in [0, 0.1) is 17.1 Å². The maximum atomic E-state index is 14.3. The van der Waals surface area contributed by atoms with Gasteiger partial charge in [0.2, 0.25) is 0 Å². The second kappa shape index (κ2) is 5.60. The first-order valence-electron chi connectivity index (χ1n) is 7.00. The Kier molecular flexibility index (Phi) is 3.74. The van der Waals surface area contributed by atoms with Crippen LogP contribution in [0.3, 0.4) is 0 Å². The van der Waals surface area contributed by atoms with Gasteiger partial charge in [-0.1, -0.05) is 0 Å². The first kappa shape index (κ1) is 15.4. The van der Waals surface area contributed by atoms with E-state index in [0.717, 1.165) is 29.9 Å². The number of carbonyl (C=O) groups is 3. The van der Waals surface area contributed by atoms with Gasteiger partial charge in [-0.3, -0.25) is 14.4 Å². The molecule has 1 aromatic carbocycles. The molecule has 0 saturated heterocycles. The van der Waals surface area contributed by atoms with Crippen molar-refractivity contribution in [3.63, 3.8) is 0 Å². The van der Waals surface area contributed by atoms with Crippen molar-refractivity contribution < 1.29 is 18.8 Å². The van der Waals surface area contributed by atoms with Crippen molar-refractivity contribution in [2.45, 2.75) is 25.7 Å². The van der Waals surface area contributed by atoms with Gasteiger partial charge in [0.15, 0.2) is 0 Å². The van der Waals surface area contributed by atoms with Crippen LogP contribution in [0.25, 0.3) is 0 Å². The second-order valence-corrected chi connectivity index (χ2v) is 5.69. The van der Waals surface area contributed by atoms with Gasteiger partial charge in [0.25, 0.3) is 17.1 Å². The van der Waals surface area contributed by atoms with Gasteiger partial charge >= 0.3 is 0 Å². The highest BCUT2D eigenvalue weighted by atomic mass is 35.5. The molecule has 1 aromatic rings. The van der Waals surface area contributed by atoms with Crippen LogP contribution in [0.15, 0.2) is 23.3 Å². The summed E-state index contributed by atoms with van der Waals surface area (Å²) in [5.41, 5.74) is -0.0241. The topological polar surface area (TPSA) is 78.2 Å². The number of amides is 2. The minimum Gasteiger partial charge on any atom is -0.276 e. The van der Waals surface area contributed by atoms with Crippen molar-refractivity contribution in [2.75, 3.05) is 4.90 Å². The number of hydrogen-bond acceptors (Lipinski definition) is 4. The largest absolute Gasteiger partial charge is 0.276 e. The molecule has 2 aliphatic rings. The first-order valence-corrected chi connectivity index (χ1v) is 7.37. The van der Waals surface area contributed by atoms with E-state index in [9.17, 15) is 18.8 Å². The minimum absolute atomic E-state index is 0.240. The Morgan fingerprint density at radius 3 is 2.22 bits per heavy atom. The zero-order valence-corrected chi connectivity index (χ0v) is 12.6. The minimum atomic E-state index is -0.959. The number of rotatable bonds is 2. The van der Waals surface area contributed by atoms with Crippen molar-refractivity contribution >= 4 is 34.3 Å². The molecule has 0 atom stereocenters. The Morgan fingerprint density at radius 1 is 1.17 bits per heavy atom. The van der Waals surface area contributed by atoms with E-state index in [0.29, 0.717) is 24.0 Å². The van der Waals surface area contributed by atoms with Gasteiger partial charge < -0.3 is 0 Å². The summed E-state index contributed by atoms with van der Waals surface area (Å²) in [6.07, 6.45) is 2.56. The smallest absolute Gasteiger partial charge is 0.261 e. The van der Waals surface area contributed by atoms with Crippen LogP contribution in [0.2, 0.25) is 0 Å². The Morgan fingerprint density at radius 2 is 1.74 bits per heavy atom. The third-order valence-corrected chi connectivity index (χ3v) is 4.25. The summed E-state index contributed by atoms with van der Waals surface area (Å²) in [7, 11) is 0. The van der Waals surface area contributed by atoms with E-state index in [1.165, 1.54) is 0 Å². The van der Waals surface area contributed by atoms with Crippen LogP contribution >= 0.6 is 11.6 Å². The van der Waals surface area contributed by atoms with Gasteiger partial charge in [0.1, 0.15) is 11.9 Å². The van der Waals surface area contributed by atoms with Crippen LogP contribution in [0.4, 0.5) is 10.1 Å². The fourth-order valence-electron chi connectivity index (χ4n) is 2.95. The maximum absolute atomic E-state index is 14.3. The molecule has 2 amide bonds. The van der Waals surface area contributed by atoms with E-state index >= 15 is 0 Å². The molecule has 5 nitrogen and oxygen atoms in total. The summed E-state index contributed by atoms with van der Waals surface area (Å²) < 4.78 is 14.3. The van der Waals surface area contributed by atoms with Gasteiger partial charge in [0.05, 0.1) is 16.8 Å². The predicted molar refractivity (Wildman–Crippen MR) is 79.3 cm³/mol. The van der Waals surface area contributed by atoms with Crippen molar-refractivity contribution in [1.82, 2.24) is 0 Å². The van der Waals surface area contributed by atoms with E-state index in [-0.39, 0.29) is 16.8 Å². The quantitative estimate of drug-likeness (QED) is 0.616. The monoisotopic (exact) mass is 332 g/mol. The molecule has 1 aliphatic carbocycles. The van der Waals surface area contributed by atoms with Crippen LogP contribution in [0.1, 0.15) is 41.6 Å². The second-order valence-electron chi connectivity index (χ2n) is 5.34. The number of imide groups is 1. The Balaban J connectivity index is 2.12. The lowest BCUT2D eigenvalue weighted by molar-refractivity contribution is -0.120. The highest BCUT2D eigenvalue weighted by Crippen LogP contribution is 2.37. The zero-order chi connectivity index (χ0) is 16.7. The number of halogens is 2. The van der Waals surface area contributed by atoms with E-state index in [2.05, 4.69) is 0 Å². The predicted octanol–water partition coefficient (Wildman–Crippen LogP) is 2.82. The molecule has 0 spiro atoms. The van der Waals surface area contributed by atoms with Crippen molar-refractivity contribution in [1.29, 1.82) is 5.26 Å². The molecule has 7 heteroatoms. The summed E-state index contributed by atoms with van der Waals surface area (Å²) >= 11 is 5.40. The number of nitriles is 1. The number of benzene rings is 1. The lowest BCUT2D eigenvalue weighted by atomic mass is 9.93. The molecule has 0 unspecified atom stereocenters. The van der Waals surface area contributed by atoms with Crippen LogP contribution < -0.4 is 4.90 Å². The summed E-state index contributed by atoms with van der Waals surface area (Å²) in [4.78, 5) is 37.0. The fraction of sp³-hybridized carbons (Fsp3) is 0.250.